The van der Waals surface area contributed by atoms with Gasteiger partial charge in [0.25, 0.3) is 0 Å². The van der Waals surface area contributed by atoms with Crippen LogP contribution in [0.25, 0.3) is 0 Å². The molecule has 0 spiro atoms. The average molecular weight is 251 g/mol. The van der Waals surface area contributed by atoms with E-state index in [2.05, 4.69) is 5.32 Å². The quantitative estimate of drug-likeness (QED) is 0.546. The van der Waals surface area contributed by atoms with Gasteiger partial charge in [0.05, 0.1) is 13.2 Å². The zero-order valence-electron chi connectivity index (χ0n) is 11.0. The molecule has 5 nitrogen and oxygen atoms in total. The van der Waals surface area contributed by atoms with Gasteiger partial charge in [-0.1, -0.05) is 12.1 Å². The van der Waals surface area contributed by atoms with Gasteiger partial charge in [-0.05, 0) is 24.7 Å². The van der Waals surface area contributed by atoms with Crippen LogP contribution in [0.3, 0.4) is 0 Å². The van der Waals surface area contributed by atoms with Crippen LogP contribution in [0.1, 0.15) is 5.56 Å². The predicted molar refractivity (Wildman–Crippen MR) is 72.1 cm³/mol. The summed E-state index contributed by atoms with van der Waals surface area (Å²) in [5.74, 6) is -0.00143. The van der Waals surface area contributed by atoms with Gasteiger partial charge in [-0.3, -0.25) is 9.69 Å². The predicted octanol–water partition coefficient (Wildman–Crippen LogP) is 0.463. The molecule has 0 saturated carbocycles. The summed E-state index contributed by atoms with van der Waals surface area (Å²) >= 11 is 0. The maximum atomic E-state index is 11.6. The second-order valence-corrected chi connectivity index (χ2v) is 4.26. The number of nitrogens with one attached hydrogen (secondary N) is 1. The van der Waals surface area contributed by atoms with Crippen LogP contribution in [0.4, 0.5) is 5.69 Å². The second-order valence-electron chi connectivity index (χ2n) is 4.26. The Bertz CT molecular complexity index is 382. The molecule has 1 aromatic rings. The summed E-state index contributed by atoms with van der Waals surface area (Å²) in [4.78, 5) is 13.5. The van der Waals surface area contributed by atoms with Gasteiger partial charge in [0.15, 0.2) is 0 Å². The van der Waals surface area contributed by atoms with Gasteiger partial charge in [0.1, 0.15) is 0 Å². The number of likely N-dealkylation sites (N-methyl/N-ethyl adjacent to an activating group) is 1. The Balaban J connectivity index is 2.32. The summed E-state index contributed by atoms with van der Waals surface area (Å²) in [5, 5.41) is 2.78. The van der Waals surface area contributed by atoms with Crippen molar-refractivity contribution in [1.82, 2.24) is 10.2 Å². The number of nitrogens with two attached hydrogens (primary N) is 1. The number of nitrogens with zero attached hydrogens (tertiary/aromatic N) is 1. The van der Waals surface area contributed by atoms with Crippen molar-refractivity contribution in [2.45, 2.75) is 6.54 Å². The molecule has 0 saturated heterocycles. The van der Waals surface area contributed by atoms with Gasteiger partial charge >= 0.3 is 0 Å². The number of carbonyl (C=O) groups is 1. The fraction of sp³-hybridized carbons (Fsp3) is 0.462. The molecule has 0 atom stereocenters. The second kappa shape index (κ2) is 7.68. The summed E-state index contributed by atoms with van der Waals surface area (Å²) in [5.41, 5.74) is 7.55. The Morgan fingerprint density at radius 2 is 2.28 bits per heavy atom. The van der Waals surface area contributed by atoms with Crippen molar-refractivity contribution in [2.75, 3.05) is 39.6 Å². The molecule has 18 heavy (non-hydrogen) atoms. The van der Waals surface area contributed by atoms with Crippen LogP contribution < -0.4 is 11.1 Å². The van der Waals surface area contributed by atoms with Crippen molar-refractivity contribution in [1.29, 1.82) is 0 Å². The minimum absolute atomic E-state index is 0.00143. The van der Waals surface area contributed by atoms with Gasteiger partial charge in [0, 0.05) is 25.9 Å². The van der Waals surface area contributed by atoms with E-state index in [1.165, 1.54) is 0 Å². The van der Waals surface area contributed by atoms with E-state index in [-0.39, 0.29) is 5.91 Å². The Hall–Kier alpha value is -1.59. The normalized spacial score (nSPS) is 10.6. The van der Waals surface area contributed by atoms with E-state index in [1.807, 2.05) is 36.2 Å². The molecule has 1 aromatic carbocycles. The number of benzene rings is 1. The Kier molecular flexibility index (Phi) is 6.18. The van der Waals surface area contributed by atoms with Gasteiger partial charge in [-0.25, -0.2) is 0 Å². The highest BCUT2D eigenvalue weighted by atomic mass is 16.5. The maximum absolute atomic E-state index is 11.6. The number of hydrogen-bond acceptors (Lipinski definition) is 4. The molecule has 0 aliphatic rings. The highest BCUT2D eigenvalue weighted by molar-refractivity contribution is 5.77. The Morgan fingerprint density at radius 3 is 2.94 bits per heavy atom. The van der Waals surface area contributed by atoms with Gasteiger partial charge in [0.2, 0.25) is 5.91 Å². The van der Waals surface area contributed by atoms with Gasteiger partial charge in [-0.15, -0.1) is 0 Å². The van der Waals surface area contributed by atoms with Crippen LogP contribution in [0.2, 0.25) is 0 Å². The van der Waals surface area contributed by atoms with Crippen molar-refractivity contribution in [3.63, 3.8) is 0 Å². The molecule has 0 aromatic heterocycles. The smallest absolute Gasteiger partial charge is 0.234 e. The molecule has 3 N–H and O–H groups in total. The zero-order chi connectivity index (χ0) is 13.4. The number of nitrogen functional groups attached to an aromatic ring is 1. The molecule has 5 heteroatoms. The first-order valence-electron chi connectivity index (χ1n) is 5.90. The molecule has 0 aliphatic carbocycles. The fourth-order valence-electron chi connectivity index (χ4n) is 1.65. The molecule has 0 aliphatic heterocycles. The summed E-state index contributed by atoms with van der Waals surface area (Å²) in [6.07, 6.45) is 0. The van der Waals surface area contributed by atoms with E-state index in [9.17, 15) is 4.79 Å². The first kappa shape index (κ1) is 14.5. The lowest BCUT2D eigenvalue weighted by Crippen LogP contribution is -2.36. The van der Waals surface area contributed by atoms with E-state index in [0.29, 0.717) is 26.2 Å². The third-order valence-corrected chi connectivity index (χ3v) is 2.45. The minimum Gasteiger partial charge on any atom is -0.399 e. The van der Waals surface area contributed by atoms with Crippen molar-refractivity contribution >= 4 is 11.6 Å². The highest BCUT2D eigenvalue weighted by Crippen LogP contribution is 2.08. The van der Waals surface area contributed by atoms with Crippen molar-refractivity contribution < 1.29 is 9.53 Å². The minimum atomic E-state index is -0.00143. The topological polar surface area (TPSA) is 67.6 Å². The third-order valence-electron chi connectivity index (χ3n) is 2.45. The first-order valence-corrected chi connectivity index (χ1v) is 5.90. The number of ether oxygens (including phenoxy) is 1. The fourth-order valence-corrected chi connectivity index (χ4v) is 1.65. The Labute approximate surface area is 108 Å². The number of rotatable bonds is 7. The van der Waals surface area contributed by atoms with E-state index in [0.717, 1.165) is 11.3 Å². The number of carbonyl (C=O) groups excluding carboxylic acids is 1. The number of hydrogen-bond donors (Lipinski definition) is 2. The molecule has 0 heterocycles. The lowest BCUT2D eigenvalue weighted by atomic mass is 10.2. The molecule has 100 valence electrons. The molecule has 1 amide bonds. The lowest BCUT2D eigenvalue weighted by molar-refractivity contribution is -0.122. The first-order chi connectivity index (χ1) is 8.61. The summed E-state index contributed by atoms with van der Waals surface area (Å²) in [6, 6.07) is 7.67. The maximum Gasteiger partial charge on any atom is 0.234 e. The lowest BCUT2D eigenvalue weighted by Gasteiger charge is -2.16. The van der Waals surface area contributed by atoms with E-state index < -0.39 is 0 Å². The average Bonchev–Trinajstić information content (AvgIpc) is 2.29. The SMILES string of the molecule is COCCNC(=O)CN(C)Cc1cccc(N)c1. The van der Waals surface area contributed by atoms with E-state index in [1.54, 1.807) is 7.11 Å². The van der Waals surface area contributed by atoms with Crippen molar-refractivity contribution in [3.8, 4) is 0 Å². The van der Waals surface area contributed by atoms with Crippen LogP contribution in [0.5, 0.6) is 0 Å². The van der Waals surface area contributed by atoms with Crippen molar-refractivity contribution in [2.24, 2.45) is 0 Å². The Morgan fingerprint density at radius 1 is 1.50 bits per heavy atom. The summed E-state index contributed by atoms with van der Waals surface area (Å²) in [6.45, 7) is 2.13. The summed E-state index contributed by atoms with van der Waals surface area (Å²) in [7, 11) is 3.51. The van der Waals surface area contributed by atoms with Gasteiger partial charge in [-0.2, -0.15) is 0 Å². The van der Waals surface area contributed by atoms with Gasteiger partial charge < -0.3 is 15.8 Å². The van der Waals surface area contributed by atoms with E-state index in [4.69, 9.17) is 10.5 Å². The summed E-state index contributed by atoms with van der Waals surface area (Å²) < 4.78 is 4.86. The molecule has 0 fully saturated rings. The highest BCUT2D eigenvalue weighted by Gasteiger charge is 2.06. The molecule has 1 rings (SSSR count). The van der Waals surface area contributed by atoms with E-state index >= 15 is 0 Å². The largest absolute Gasteiger partial charge is 0.399 e. The third kappa shape index (κ3) is 5.65. The van der Waals surface area contributed by atoms with Crippen LogP contribution >= 0.6 is 0 Å². The van der Waals surface area contributed by atoms with Crippen LogP contribution in [0, 0.1) is 0 Å². The molecule has 0 radical (unpaired) electrons. The molecule has 0 bridgehead atoms. The number of amides is 1. The molecular weight excluding hydrogens is 230 g/mol. The molecule has 0 unspecified atom stereocenters. The number of methoxy groups -OCH3 is 1. The van der Waals surface area contributed by atoms with Crippen LogP contribution in [-0.4, -0.2) is 44.7 Å². The standard InChI is InChI=1S/C13H21N3O2/c1-16(10-13(17)15-6-7-18-2)9-11-4-3-5-12(14)8-11/h3-5,8H,6-7,9-10,14H2,1-2H3,(H,15,17). The monoisotopic (exact) mass is 251 g/mol. The van der Waals surface area contributed by atoms with Crippen LogP contribution in [-0.2, 0) is 16.1 Å². The molecular formula is C13H21N3O2. The zero-order valence-corrected chi connectivity index (χ0v) is 11.0. The number of anilines is 1. The van der Waals surface area contributed by atoms with Crippen molar-refractivity contribution in [3.05, 3.63) is 29.8 Å². The van der Waals surface area contributed by atoms with Crippen LogP contribution in [0.15, 0.2) is 24.3 Å².